The van der Waals surface area contributed by atoms with Gasteiger partial charge in [-0.2, -0.15) is 13.2 Å². The maximum atomic E-state index is 13.0. The van der Waals surface area contributed by atoms with Gasteiger partial charge in [0.1, 0.15) is 5.65 Å². The minimum Gasteiger partial charge on any atom is -0.294 e. The molecule has 0 aliphatic carbocycles. The largest absolute Gasteiger partial charge is 0.417 e. The lowest BCUT2D eigenvalue weighted by molar-refractivity contribution is -0.137. The molecule has 0 saturated carbocycles. The Bertz CT molecular complexity index is 1000. The average molecular weight is 312 g/mol. The maximum absolute atomic E-state index is 13.0. The predicted octanol–water partition coefficient (Wildman–Crippen LogP) is 5.20. The van der Waals surface area contributed by atoms with E-state index in [0.29, 0.717) is 11.0 Å². The quantitative estimate of drug-likeness (QED) is 0.472. The van der Waals surface area contributed by atoms with Crippen LogP contribution in [0.3, 0.4) is 0 Å². The van der Waals surface area contributed by atoms with Crippen LogP contribution in [-0.4, -0.2) is 9.55 Å². The maximum Gasteiger partial charge on any atom is 0.417 e. The molecule has 114 valence electrons. The fraction of sp³-hybridized carbons (Fsp3) is 0.0556. The molecule has 0 fully saturated rings. The van der Waals surface area contributed by atoms with Gasteiger partial charge in [-0.05, 0) is 24.3 Å². The summed E-state index contributed by atoms with van der Waals surface area (Å²) in [6.45, 7) is 0. The third-order valence-electron chi connectivity index (χ3n) is 3.86. The Morgan fingerprint density at radius 3 is 2.26 bits per heavy atom. The Labute approximate surface area is 129 Å². The van der Waals surface area contributed by atoms with Gasteiger partial charge in [-0.15, -0.1) is 0 Å². The first kappa shape index (κ1) is 13.8. The normalized spacial score (nSPS) is 12.1. The van der Waals surface area contributed by atoms with Crippen LogP contribution in [0.15, 0.2) is 66.9 Å². The second kappa shape index (κ2) is 4.84. The number of nitrogens with zero attached hydrogens (tertiary/aromatic N) is 2. The Hall–Kier alpha value is -2.82. The molecule has 4 rings (SSSR count). The molecule has 2 nitrogen and oxygen atoms in total. The molecule has 2 aromatic carbocycles. The number of pyridine rings is 1. The van der Waals surface area contributed by atoms with Gasteiger partial charge in [-0.1, -0.05) is 36.4 Å². The minimum absolute atomic E-state index is 0.499. The molecule has 0 N–H and O–H groups in total. The molecule has 2 heterocycles. The molecule has 0 aliphatic heterocycles. The van der Waals surface area contributed by atoms with Crippen molar-refractivity contribution < 1.29 is 13.2 Å². The van der Waals surface area contributed by atoms with Crippen LogP contribution in [0.25, 0.3) is 27.6 Å². The Morgan fingerprint density at radius 1 is 0.826 bits per heavy atom. The highest BCUT2D eigenvalue weighted by Gasteiger charge is 2.31. The number of rotatable bonds is 1. The first-order valence-corrected chi connectivity index (χ1v) is 7.07. The smallest absolute Gasteiger partial charge is 0.294 e. The van der Waals surface area contributed by atoms with Gasteiger partial charge in [0.05, 0.1) is 11.1 Å². The van der Waals surface area contributed by atoms with Crippen molar-refractivity contribution in [2.45, 2.75) is 6.18 Å². The number of halogens is 3. The van der Waals surface area contributed by atoms with Crippen molar-refractivity contribution >= 4 is 21.9 Å². The van der Waals surface area contributed by atoms with Crippen molar-refractivity contribution in [1.82, 2.24) is 9.55 Å². The van der Waals surface area contributed by atoms with Gasteiger partial charge in [-0.3, -0.25) is 4.57 Å². The molecule has 0 atom stereocenters. The van der Waals surface area contributed by atoms with E-state index < -0.39 is 11.7 Å². The van der Waals surface area contributed by atoms with Crippen LogP contribution in [0, 0.1) is 0 Å². The SMILES string of the molecule is FC(F)(F)c1cnc2c(c1)c1ccccc1n2-c1ccccc1. The second-order valence-electron chi connectivity index (χ2n) is 5.28. The topological polar surface area (TPSA) is 17.8 Å². The van der Waals surface area contributed by atoms with Gasteiger partial charge < -0.3 is 0 Å². The van der Waals surface area contributed by atoms with Crippen LogP contribution in [0.5, 0.6) is 0 Å². The summed E-state index contributed by atoms with van der Waals surface area (Å²) in [6.07, 6.45) is -3.52. The molecule has 4 aromatic rings. The third-order valence-corrected chi connectivity index (χ3v) is 3.86. The van der Waals surface area contributed by atoms with Crippen LogP contribution in [0.4, 0.5) is 13.2 Å². The van der Waals surface area contributed by atoms with Crippen LogP contribution in [0.1, 0.15) is 5.56 Å². The lowest BCUT2D eigenvalue weighted by Gasteiger charge is -2.08. The van der Waals surface area contributed by atoms with Crippen molar-refractivity contribution in [1.29, 1.82) is 0 Å². The molecule has 2 aromatic heterocycles. The molecule has 0 unspecified atom stereocenters. The molecule has 5 heteroatoms. The van der Waals surface area contributed by atoms with Crippen LogP contribution >= 0.6 is 0 Å². The zero-order valence-electron chi connectivity index (χ0n) is 11.9. The summed E-state index contributed by atoms with van der Waals surface area (Å²) in [4.78, 5) is 4.10. The Morgan fingerprint density at radius 2 is 1.52 bits per heavy atom. The number of para-hydroxylation sites is 2. The molecule has 0 radical (unpaired) electrons. The highest BCUT2D eigenvalue weighted by atomic mass is 19.4. The summed E-state index contributed by atoms with van der Waals surface area (Å²) >= 11 is 0. The minimum atomic E-state index is -4.41. The number of fused-ring (bicyclic) bond motifs is 3. The van der Waals surface area contributed by atoms with Crippen molar-refractivity contribution in [3.8, 4) is 5.69 Å². The van der Waals surface area contributed by atoms with Gasteiger partial charge >= 0.3 is 6.18 Å². The summed E-state index contributed by atoms with van der Waals surface area (Å²) < 4.78 is 40.9. The van der Waals surface area contributed by atoms with Crippen molar-refractivity contribution in [2.24, 2.45) is 0 Å². The zero-order chi connectivity index (χ0) is 16.0. The number of hydrogen-bond donors (Lipinski definition) is 0. The van der Waals surface area contributed by atoms with Gasteiger partial charge in [0, 0.05) is 22.7 Å². The summed E-state index contributed by atoms with van der Waals surface area (Å²) in [5.41, 5.74) is 1.48. The lowest BCUT2D eigenvalue weighted by Crippen LogP contribution is -2.05. The van der Waals surface area contributed by atoms with Gasteiger partial charge in [0.25, 0.3) is 0 Å². The van der Waals surface area contributed by atoms with Gasteiger partial charge in [0.2, 0.25) is 0 Å². The number of aromatic nitrogens is 2. The van der Waals surface area contributed by atoms with E-state index in [4.69, 9.17) is 0 Å². The van der Waals surface area contributed by atoms with E-state index in [1.807, 2.05) is 59.2 Å². The predicted molar refractivity (Wildman–Crippen MR) is 83.6 cm³/mol. The van der Waals surface area contributed by atoms with Crippen LogP contribution in [-0.2, 0) is 6.18 Å². The van der Waals surface area contributed by atoms with Crippen LogP contribution < -0.4 is 0 Å². The third kappa shape index (κ3) is 2.16. The van der Waals surface area contributed by atoms with Crippen molar-refractivity contribution in [2.75, 3.05) is 0 Å². The lowest BCUT2D eigenvalue weighted by atomic mass is 10.1. The molecule has 0 bridgehead atoms. The molecular formula is C18H11F3N2. The van der Waals surface area contributed by atoms with E-state index in [-0.39, 0.29) is 0 Å². The summed E-state index contributed by atoms with van der Waals surface area (Å²) in [5.74, 6) is 0. The second-order valence-corrected chi connectivity index (χ2v) is 5.28. The standard InChI is InChI=1S/C18H11F3N2/c19-18(20,21)12-10-15-14-8-4-5-9-16(14)23(17(15)22-11-12)13-6-2-1-3-7-13/h1-11H. The number of alkyl halides is 3. The van der Waals surface area contributed by atoms with Gasteiger partial charge in [0.15, 0.2) is 0 Å². The molecule has 0 spiro atoms. The molecule has 0 aliphatic rings. The fourth-order valence-corrected chi connectivity index (χ4v) is 2.84. The summed E-state index contributed by atoms with van der Waals surface area (Å²) in [5, 5.41) is 1.25. The molecule has 23 heavy (non-hydrogen) atoms. The van der Waals surface area contributed by atoms with E-state index >= 15 is 0 Å². The zero-order valence-corrected chi connectivity index (χ0v) is 11.9. The first-order chi connectivity index (χ1) is 11.1. The van der Waals surface area contributed by atoms with E-state index in [0.717, 1.165) is 22.8 Å². The van der Waals surface area contributed by atoms with E-state index in [9.17, 15) is 13.2 Å². The van der Waals surface area contributed by atoms with Crippen molar-refractivity contribution in [3.63, 3.8) is 0 Å². The monoisotopic (exact) mass is 312 g/mol. The molecule has 0 amide bonds. The first-order valence-electron chi connectivity index (χ1n) is 7.07. The number of benzene rings is 2. The van der Waals surface area contributed by atoms with Gasteiger partial charge in [-0.25, -0.2) is 4.98 Å². The van der Waals surface area contributed by atoms with E-state index in [1.54, 1.807) is 0 Å². The highest BCUT2D eigenvalue weighted by Crippen LogP contribution is 2.35. The average Bonchev–Trinajstić information content (AvgIpc) is 2.88. The van der Waals surface area contributed by atoms with E-state index in [1.165, 1.54) is 6.07 Å². The van der Waals surface area contributed by atoms with Crippen molar-refractivity contribution in [3.05, 3.63) is 72.4 Å². The summed E-state index contributed by atoms with van der Waals surface area (Å²) in [7, 11) is 0. The Kier molecular flexibility index (Phi) is 2.91. The molecule has 0 saturated heterocycles. The highest BCUT2D eigenvalue weighted by molar-refractivity contribution is 6.08. The van der Waals surface area contributed by atoms with Crippen LogP contribution in [0.2, 0.25) is 0 Å². The number of hydrogen-bond acceptors (Lipinski definition) is 1. The summed E-state index contributed by atoms with van der Waals surface area (Å²) in [6, 6.07) is 18.0. The fourth-order valence-electron chi connectivity index (χ4n) is 2.84. The van der Waals surface area contributed by atoms with E-state index in [2.05, 4.69) is 4.98 Å². The Balaban J connectivity index is 2.13. The molecular weight excluding hydrogens is 301 g/mol.